The lowest BCUT2D eigenvalue weighted by Crippen LogP contribution is -2.28. The quantitative estimate of drug-likeness (QED) is 0.587. The van der Waals surface area contributed by atoms with Crippen molar-refractivity contribution in [2.75, 3.05) is 11.9 Å². The van der Waals surface area contributed by atoms with Crippen molar-refractivity contribution in [1.29, 1.82) is 0 Å². The normalized spacial score (nSPS) is 11.4. The molecule has 0 saturated heterocycles. The molecule has 0 saturated carbocycles. The summed E-state index contributed by atoms with van der Waals surface area (Å²) in [5.74, 6) is -0.0977. The Kier molecular flexibility index (Phi) is 6.87. The van der Waals surface area contributed by atoms with Crippen LogP contribution >= 0.6 is 11.6 Å². The zero-order valence-corrected chi connectivity index (χ0v) is 16.6. The van der Waals surface area contributed by atoms with E-state index in [0.29, 0.717) is 22.0 Å². The lowest BCUT2D eigenvalue weighted by Gasteiger charge is -2.16. The van der Waals surface area contributed by atoms with E-state index in [-0.39, 0.29) is 24.5 Å². The molecular weight excluding hydrogens is 388 g/mol. The molecule has 148 valence electrons. The van der Waals surface area contributed by atoms with Crippen LogP contribution in [-0.2, 0) is 4.79 Å². The average molecular weight is 409 g/mol. The molecule has 6 heteroatoms. The van der Waals surface area contributed by atoms with Crippen LogP contribution in [0.5, 0.6) is 5.75 Å². The van der Waals surface area contributed by atoms with Gasteiger partial charge in [0, 0.05) is 5.02 Å². The van der Waals surface area contributed by atoms with Gasteiger partial charge in [0.15, 0.2) is 6.61 Å². The third kappa shape index (κ3) is 5.83. The van der Waals surface area contributed by atoms with Crippen LogP contribution in [0.25, 0.3) is 0 Å². The third-order valence-corrected chi connectivity index (χ3v) is 4.53. The number of carbonyl (C=O) groups is 2. The highest BCUT2D eigenvalue weighted by Crippen LogP contribution is 2.19. The van der Waals surface area contributed by atoms with Crippen molar-refractivity contribution in [1.82, 2.24) is 5.32 Å². The first kappa shape index (κ1) is 20.4. The average Bonchev–Trinajstić information content (AvgIpc) is 2.74. The van der Waals surface area contributed by atoms with Gasteiger partial charge in [0.1, 0.15) is 5.75 Å². The van der Waals surface area contributed by atoms with Crippen molar-refractivity contribution in [3.05, 3.63) is 95.0 Å². The number of halogens is 1. The zero-order chi connectivity index (χ0) is 20.6. The molecule has 2 amide bonds. The fourth-order valence-corrected chi connectivity index (χ4v) is 2.88. The van der Waals surface area contributed by atoms with Gasteiger partial charge in [-0.15, -0.1) is 0 Å². The number of ether oxygens (including phenoxy) is 1. The molecule has 0 radical (unpaired) electrons. The molecular formula is C23H21ClN2O3. The number of carbonyl (C=O) groups excluding carboxylic acids is 2. The summed E-state index contributed by atoms with van der Waals surface area (Å²) in [5, 5.41) is 6.28. The number of hydrogen-bond donors (Lipinski definition) is 2. The Bertz CT molecular complexity index is 975. The standard InChI is InChI=1S/C23H21ClN2O3/c1-16(17-7-3-2-4-8-17)25-23(28)20-9-5-6-10-21(20)26-22(27)15-29-19-13-11-18(24)12-14-19/h2-14,16H,15H2,1H3,(H,25,28)(H,26,27). The summed E-state index contributed by atoms with van der Waals surface area (Å²) in [6.07, 6.45) is 0. The SMILES string of the molecule is CC(NC(=O)c1ccccc1NC(=O)COc1ccc(Cl)cc1)c1ccccc1. The molecule has 0 aliphatic carbocycles. The molecule has 0 aliphatic heterocycles. The number of amides is 2. The van der Waals surface area contributed by atoms with Crippen LogP contribution in [0.4, 0.5) is 5.69 Å². The van der Waals surface area contributed by atoms with Gasteiger partial charge in [-0.3, -0.25) is 9.59 Å². The first-order chi connectivity index (χ1) is 14.0. The van der Waals surface area contributed by atoms with Crippen LogP contribution in [0.1, 0.15) is 28.9 Å². The van der Waals surface area contributed by atoms with Crippen LogP contribution < -0.4 is 15.4 Å². The number of anilines is 1. The van der Waals surface area contributed by atoms with Gasteiger partial charge in [-0.25, -0.2) is 0 Å². The van der Waals surface area contributed by atoms with Crippen molar-refractivity contribution < 1.29 is 14.3 Å². The molecule has 1 atom stereocenters. The molecule has 0 aromatic heterocycles. The second-order valence-corrected chi connectivity index (χ2v) is 6.88. The Labute approximate surface area is 174 Å². The fourth-order valence-electron chi connectivity index (χ4n) is 2.76. The zero-order valence-electron chi connectivity index (χ0n) is 15.9. The maximum absolute atomic E-state index is 12.7. The highest BCUT2D eigenvalue weighted by atomic mass is 35.5. The predicted molar refractivity (Wildman–Crippen MR) is 114 cm³/mol. The largest absolute Gasteiger partial charge is 0.484 e. The van der Waals surface area contributed by atoms with Crippen LogP contribution in [0.2, 0.25) is 5.02 Å². The second-order valence-electron chi connectivity index (χ2n) is 6.44. The highest BCUT2D eigenvalue weighted by Gasteiger charge is 2.16. The third-order valence-electron chi connectivity index (χ3n) is 4.28. The van der Waals surface area contributed by atoms with E-state index in [1.165, 1.54) is 0 Å². The van der Waals surface area contributed by atoms with Gasteiger partial charge < -0.3 is 15.4 Å². The van der Waals surface area contributed by atoms with E-state index >= 15 is 0 Å². The molecule has 3 aromatic rings. The van der Waals surface area contributed by atoms with E-state index in [9.17, 15) is 9.59 Å². The van der Waals surface area contributed by atoms with E-state index in [4.69, 9.17) is 16.3 Å². The molecule has 0 fully saturated rings. The monoisotopic (exact) mass is 408 g/mol. The molecule has 3 aromatic carbocycles. The summed E-state index contributed by atoms with van der Waals surface area (Å²) in [4.78, 5) is 25.0. The predicted octanol–water partition coefficient (Wildman–Crippen LogP) is 4.85. The van der Waals surface area contributed by atoms with Crippen molar-refractivity contribution >= 4 is 29.1 Å². The molecule has 3 rings (SSSR count). The van der Waals surface area contributed by atoms with E-state index in [2.05, 4.69) is 10.6 Å². The van der Waals surface area contributed by atoms with Crippen LogP contribution in [0.3, 0.4) is 0 Å². The molecule has 0 heterocycles. The molecule has 1 unspecified atom stereocenters. The summed E-state index contributed by atoms with van der Waals surface area (Å²) in [6.45, 7) is 1.73. The Morgan fingerprint density at radius 3 is 2.31 bits per heavy atom. The van der Waals surface area contributed by atoms with Crippen LogP contribution in [-0.4, -0.2) is 18.4 Å². The Balaban J connectivity index is 1.62. The summed E-state index contributed by atoms with van der Waals surface area (Å²) in [6, 6.07) is 23.1. The van der Waals surface area contributed by atoms with Crippen molar-refractivity contribution in [2.45, 2.75) is 13.0 Å². The number of para-hydroxylation sites is 1. The maximum atomic E-state index is 12.7. The lowest BCUT2D eigenvalue weighted by atomic mass is 10.1. The smallest absolute Gasteiger partial charge is 0.262 e. The van der Waals surface area contributed by atoms with Gasteiger partial charge in [-0.05, 0) is 48.9 Å². The molecule has 29 heavy (non-hydrogen) atoms. The number of rotatable bonds is 7. The van der Waals surface area contributed by atoms with Gasteiger partial charge in [0.2, 0.25) is 0 Å². The van der Waals surface area contributed by atoms with Crippen molar-refractivity contribution in [3.63, 3.8) is 0 Å². The fraction of sp³-hybridized carbons (Fsp3) is 0.130. The molecule has 0 spiro atoms. The first-order valence-electron chi connectivity index (χ1n) is 9.16. The summed E-state index contributed by atoms with van der Waals surface area (Å²) >= 11 is 5.83. The van der Waals surface area contributed by atoms with Gasteiger partial charge in [0.05, 0.1) is 17.3 Å². The van der Waals surface area contributed by atoms with Crippen molar-refractivity contribution in [2.24, 2.45) is 0 Å². The van der Waals surface area contributed by atoms with Gasteiger partial charge >= 0.3 is 0 Å². The van der Waals surface area contributed by atoms with Gasteiger partial charge in [-0.2, -0.15) is 0 Å². The summed E-state index contributed by atoms with van der Waals surface area (Å²) in [7, 11) is 0. The summed E-state index contributed by atoms with van der Waals surface area (Å²) < 4.78 is 5.45. The van der Waals surface area contributed by atoms with E-state index in [1.54, 1.807) is 48.5 Å². The Morgan fingerprint density at radius 2 is 1.59 bits per heavy atom. The lowest BCUT2D eigenvalue weighted by molar-refractivity contribution is -0.118. The van der Waals surface area contributed by atoms with E-state index in [0.717, 1.165) is 5.56 Å². The number of hydrogen-bond acceptors (Lipinski definition) is 3. The minimum absolute atomic E-state index is 0.166. The van der Waals surface area contributed by atoms with Gasteiger partial charge in [0.25, 0.3) is 11.8 Å². The second kappa shape index (κ2) is 9.75. The molecule has 2 N–H and O–H groups in total. The Morgan fingerprint density at radius 1 is 0.931 bits per heavy atom. The number of nitrogens with one attached hydrogen (secondary N) is 2. The minimum atomic E-state index is -0.365. The minimum Gasteiger partial charge on any atom is -0.484 e. The topological polar surface area (TPSA) is 67.4 Å². The summed E-state index contributed by atoms with van der Waals surface area (Å²) in [5.41, 5.74) is 1.81. The van der Waals surface area contributed by atoms with Crippen LogP contribution in [0, 0.1) is 0 Å². The Hall–Kier alpha value is -3.31. The first-order valence-corrected chi connectivity index (χ1v) is 9.54. The van der Waals surface area contributed by atoms with Crippen LogP contribution in [0.15, 0.2) is 78.9 Å². The number of benzene rings is 3. The van der Waals surface area contributed by atoms with Crippen molar-refractivity contribution in [3.8, 4) is 5.75 Å². The highest BCUT2D eigenvalue weighted by molar-refractivity contribution is 6.30. The maximum Gasteiger partial charge on any atom is 0.262 e. The van der Waals surface area contributed by atoms with E-state index < -0.39 is 0 Å². The van der Waals surface area contributed by atoms with E-state index in [1.807, 2.05) is 37.3 Å². The molecule has 5 nitrogen and oxygen atoms in total. The molecule has 0 bridgehead atoms. The van der Waals surface area contributed by atoms with Gasteiger partial charge in [-0.1, -0.05) is 54.1 Å². The molecule has 0 aliphatic rings.